The van der Waals surface area contributed by atoms with Crippen molar-refractivity contribution in [3.8, 4) is 0 Å². The largest absolute Gasteiger partial charge is 0.353 e. The number of aromatic nitrogens is 1. The average Bonchev–Trinajstić information content (AvgIpc) is 2.85. The number of nitrogens with zero attached hydrogens (tertiary/aromatic N) is 1. The topological polar surface area (TPSA) is 71.1 Å². The van der Waals surface area contributed by atoms with Crippen molar-refractivity contribution < 1.29 is 9.59 Å². The smallest absolute Gasteiger partial charge is 0.226 e. The lowest BCUT2D eigenvalue weighted by molar-refractivity contribution is -0.122. The summed E-state index contributed by atoms with van der Waals surface area (Å²) < 4.78 is 1.04. The Kier molecular flexibility index (Phi) is 7.21. The Morgan fingerprint density at radius 1 is 1.11 bits per heavy atom. The second-order valence-electron chi connectivity index (χ2n) is 7.38. The molecule has 1 aromatic carbocycles. The first-order chi connectivity index (χ1) is 13.1. The summed E-state index contributed by atoms with van der Waals surface area (Å²) in [5.74, 6) is 0.158. The fourth-order valence-electron chi connectivity index (χ4n) is 3.57. The summed E-state index contributed by atoms with van der Waals surface area (Å²) in [5, 5.41) is 6.71. The Morgan fingerprint density at radius 3 is 2.63 bits per heavy atom. The number of amides is 2. The van der Waals surface area contributed by atoms with Crippen molar-refractivity contribution in [2.75, 3.05) is 5.32 Å². The van der Waals surface area contributed by atoms with Crippen LogP contribution in [0.15, 0.2) is 18.2 Å². The third kappa shape index (κ3) is 6.03. The number of rotatable bonds is 7. The molecule has 1 saturated carbocycles. The zero-order valence-corrected chi connectivity index (χ0v) is 16.9. The van der Waals surface area contributed by atoms with E-state index in [1.165, 1.54) is 37.0 Å². The molecule has 2 N–H and O–H groups in total. The van der Waals surface area contributed by atoms with Crippen LogP contribution in [0.3, 0.4) is 0 Å². The Labute approximate surface area is 164 Å². The van der Waals surface area contributed by atoms with Crippen molar-refractivity contribution in [1.29, 1.82) is 0 Å². The van der Waals surface area contributed by atoms with E-state index in [1.807, 2.05) is 19.1 Å². The maximum atomic E-state index is 12.3. The highest BCUT2D eigenvalue weighted by atomic mass is 32.1. The van der Waals surface area contributed by atoms with Gasteiger partial charge < -0.3 is 10.6 Å². The third-order valence-electron chi connectivity index (χ3n) is 5.04. The molecule has 1 aliphatic rings. The van der Waals surface area contributed by atoms with Gasteiger partial charge in [0, 0.05) is 18.9 Å². The Morgan fingerprint density at radius 2 is 1.89 bits per heavy atom. The van der Waals surface area contributed by atoms with E-state index in [9.17, 15) is 9.59 Å². The SMILES string of the molecule is CCCC(=O)Nc1nc2ccc(CCC(=O)NC3CCCCCC3)cc2s1. The number of carbonyl (C=O) groups is 2. The molecule has 1 fully saturated rings. The van der Waals surface area contributed by atoms with Gasteiger partial charge in [-0.25, -0.2) is 4.98 Å². The summed E-state index contributed by atoms with van der Waals surface area (Å²) in [7, 11) is 0. The summed E-state index contributed by atoms with van der Waals surface area (Å²) in [6.45, 7) is 1.98. The van der Waals surface area contributed by atoms with Crippen LogP contribution in [0.25, 0.3) is 10.2 Å². The lowest BCUT2D eigenvalue weighted by Crippen LogP contribution is -2.34. The molecule has 3 rings (SSSR count). The second-order valence-corrected chi connectivity index (χ2v) is 8.41. The number of thiazole rings is 1. The zero-order chi connectivity index (χ0) is 19.1. The van der Waals surface area contributed by atoms with Crippen LogP contribution < -0.4 is 10.6 Å². The molecule has 0 spiro atoms. The van der Waals surface area contributed by atoms with Crippen LogP contribution in [0.4, 0.5) is 5.13 Å². The van der Waals surface area contributed by atoms with Gasteiger partial charge >= 0.3 is 0 Å². The maximum Gasteiger partial charge on any atom is 0.226 e. The van der Waals surface area contributed by atoms with Crippen molar-refractivity contribution >= 4 is 38.5 Å². The van der Waals surface area contributed by atoms with Crippen molar-refractivity contribution in [3.63, 3.8) is 0 Å². The van der Waals surface area contributed by atoms with Gasteiger partial charge in [-0.1, -0.05) is 50.0 Å². The molecule has 2 aromatic rings. The summed E-state index contributed by atoms with van der Waals surface area (Å²) in [6.07, 6.45) is 9.85. The van der Waals surface area contributed by atoms with E-state index in [2.05, 4.69) is 21.7 Å². The van der Waals surface area contributed by atoms with Crippen molar-refractivity contribution in [3.05, 3.63) is 23.8 Å². The molecule has 0 atom stereocenters. The van der Waals surface area contributed by atoms with Crippen LogP contribution in [0.2, 0.25) is 0 Å². The van der Waals surface area contributed by atoms with E-state index in [-0.39, 0.29) is 11.8 Å². The molecule has 0 saturated heterocycles. The molecule has 0 radical (unpaired) electrons. The monoisotopic (exact) mass is 387 g/mol. The number of fused-ring (bicyclic) bond motifs is 1. The number of carbonyl (C=O) groups excluding carboxylic acids is 2. The maximum absolute atomic E-state index is 12.3. The minimum atomic E-state index is 0.00645. The fourth-order valence-corrected chi connectivity index (χ4v) is 4.51. The summed E-state index contributed by atoms with van der Waals surface area (Å²) >= 11 is 1.49. The molecule has 0 bridgehead atoms. The molecule has 5 nitrogen and oxygen atoms in total. The van der Waals surface area contributed by atoms with E-state index in [0.717, 1.165) is 41.5 Å². The quantitative estimate of drug-likeness (QED) is 0.670. The van der Waals surface area contributed by atoms with Crippen molar-refractivity contribution in [2.45, 2.75) is 77.2 Å². The first kappa shape index (κ1) is 19.8. The predicted octanol–water partition coefficient (Wildman–Crippen LogP) is 4.81. The number of nitrogens with one attached hydrogen (secondary N) is 2. The van der Waals surface area contributed by atoms with E-state index in [0.29, 0.717) is 24.0 Å². The van der Waals surface area contributed by atoms with Crippen LogP contribution in [0.5, 0.6) is 0 Å². The van der Waals surface area contributed by atoms with Gasteiger partial charge in [0.05, 0.1) is 10.2 Å². The van der Waals surface area contributed by atoms with Gasteiger partial charge in [-0.2, -0.15) is 0 Å². The standard InChI is InChI=1S/C21H29N3O2S/c1-2-7-19(25)24-21-23-17-12-10-15(14-18(17)27-21)11-13-20(26)22-16-8-5-3-4-6-9-16/h10,12,14,16H,2-9,11,13H2,1H3,(H,22,26)(H,23,24,25). The normalized spacial score (nSPS) is 15.4. The first-order valence-electron chi connectivity index (χ1n) is 10.1. The van der Waals surface area contributed by atoms with Gasteiger partial charge in [-0.3, -0.25) is 9.59 Å². The van der Waals surface area contributed by atoms with Crippen molar-refractivity contribution in [1.82, 2.24) is 10.3 Å². The highest BCUT2D eigenvalue weighted by Crippen LogP contribution is 2.27. The van der Waals surface area contributed by atoms with Gasteiger partial charge in [0.15, 0.2) is 5.13 Å². The van der Waals surface area contributed by atoms with E-state index >= 15 is 0 Å². The van der Waals surface area contributed by atoms with Crippen LogP contribution >= 0.6 is 11.3 Å². The molecule has 1 heterocycles. The molecule has 2 amide bonds. The molecule has 27 heavy (non-hydrogen) atoms. The Balaban J connectivity index is 1.53. The number of benzene rings is 1. The number of aryl methyl sites for hydroxylation is 1. The highest BCUT2D eigenvalue weighted by molar-refractivity contribution is 7.22. The molecule has 146 valence electrons. The third-order valence-corrected chi connectivity index (χ3v) is 5.97. The van der Waals surface area contributed by atoms with E-state index in [4.69, 9.17) is 0 Å². The molecule has 0 aliphatic heterocycles. The van der Waals surface area contributed by atoms with Gasteiger partial charge in [0.25, 0.3) is 0 Å². The van der Waals surface area contributed by atoms with Gasteiger partial charge in [-0.05, 0) is 43.4 Å². The highest BCUT2D eigenvalue weighted by Gasteiger charge is 2.15. The van der Waals surface area contributed by atoms with Crippen LogP contribution in [-0.4, -0.2) is 22.8 Å². The summed E-state index contributed by atoms with van der Waals surface area (Å²) in [5.41, 5.74) is 2.02. The van der Waals surface area contributed by atoms with Crippen molar-refractivity contribution in [2.24, 2.45) is 0 Å². The number of hydrogen-bond donors (Lipinski definition) is 2. The zero-order valence-electron chi connectivity index (χ0n) is 16.1. The Bertz CT molecular complexity index is 779. The van der Waals surface area contributed by atoms with Crippen LogP contribution in [0.1, 0.15) is 70.3 Å². The summed E-state index contributed by atoms with van der Waals surface area (Å²) in [4.78, 5) is 28.5. The molecular weight excluding hydrogens is 358 g/mol. The predicted molar refractivity (Wildman–Crippen MR) is 111 cm³/mol. The van der Waals surface area contributed by atoms with E-state index < -0.39 is 0 Å². The minimum absolute atomic E-state index is 0.00645. The second kappa shape index (κ2) is 9.83. The van der Waals surface area contributed by atoms with Gasteiger partial charge in [0.1, 0.15) is 0 Å². The fraction of sp³-hybridized carbons (Fsp3) is 0.571. The lowest BCUT2D eigenvalue weighted by Gasteiger charge is -2.16. The van der Waals surface area contributed by atoms with Crippen LogP contribution in [0, 0.1) is 0 Å². The first-order valence-corrected chi connectivity index (χ1v) is 10.9. The summed E-state index contributed by atoms with van der Waals surface area (Å²) in [6, 6.07) is 6.44. The molecule has 0 unspecified atom stereocenters. The molecular formula is C21H29N3O2S. The molecule has 1 aliphatic carbocycles. The lowest BCUT2D eigenvalue weighted by atomic mass is 10.1. The number of anilines is 1. The van der Waals surface area contributed by atoms with Gasteiger partial charge in [-0.15, -0.1) is 0 Å². The Hall–Kier alpha value is -1.95. The van der Waals surface area contributed by atoms with Crippen LogP contribution in [-0.2, 0) is 16.0 Å². The molecule has 1 aromatic heterocycles. The average molecular weight is 388 g/mol. The number of hydrogen-bond acceptors (Lipinski definition) is 4. The molecule has 6 heteroatoms. The van der Waals surface area contributed by atoms with E-state index in [1.54, 1.807) is 0 Å². The van der Waals surface area contributed by atoms with Gasteiger partial charge in [0.2, 0.25) is 11.8 Å². The minimum Gasteiger partial charge on any atom is -0.353 e.